The van der Waals surface area contributed by atoms with Crippen molar-refractivity contribution in [2.75, 3.05) is 0 Å². The average Bonchev–Trinajstić information content (AvgIpc) is 2.49. The smallest absolute Gasteiger partial charge is 0.316 e. The Morgan fingerprint density at radius 2 is 2.13 bits per heavy atom. The minimum absolute atomic E-state index is 0.705. The third-order valence-electron chi connectivity index (χ3n) is 2.45. The van der Waals surface area contributed by atoms with Gasteiger partial charge in [-0.15, -0.1) is 11.3 Å². The summed E-state index contributed by atoms with van der Waals surface area (Å²) in [4.78, 5) is 16.6. The number of rotatable bonds is 4. The largest absolute Gasteiger partial charge is 0.481 e. The number of thiazole rings is 1. The van der Waals surface area contributed by atoms with E-state index in [0.717, 1.165) is 23.4 Å². The zero-order chi connectivity index (χ0) is 11.6. The molecule has 0 aliphatic heterocycles. The molecule has 1 rings (SSSR count). The van der Waals surface area contributed by atoms with Crippen molar-refractivity contribution in [2.45, 2.75) is 46.0 Å². The Morgan fingerprint density at radius 3 is 2.60 bits per heavy atom. The van der Waals surface area contributed by atoms with Crippen LogP contribution in [-0.2, 0) is 16.6 Å². The molecule has 0 aromatic carbocycles. The first-order valence-corrected chi connectivity index (χ1v) is 5.91. The van der Waals surface area contributed by atoms with Crippen LogP contribution in [0.2, 0.25) is 0 Å². The highest BCUT2D eigenvalue weighted by Crippen LogP contribution is 2.30. The first-order valence-electron chi connectivity index (χ1n) is 5.09. The van der Waals surface area contributed by atoms with Gasteiger partial charge in [0.15, 0.2) is 0 Å². The van der Waals surface area contributed by atoms with E-state index in [-0.39, 0.29) is 0 Å². The minimum Gasteiger partial charge on any atom is -0.481 e. The summed E-state index contributed by atoms with van der Waals surface area (Å²) in [6.07, 6.45) is 1.97. The number of hydrogen-bond acceptors (Lipinski definition) is 3. The van der Waals surface area contributed by atoms with Gasteiger partial charge in [0.1, 0.15) is 10.4 Å². The molecule has 0 amide bonds. The lowest BCUT2D eigenvalue weighted by Gasteiger charge is -2.15. The van der Waals surface area contributed by atoms with Crippen molar-refractivity contribution >= 4 is 17.3 Å². The molecule has 0 saturated heterocycles. The highest BCUT2D eigenvalue weighted by Gasteiger charge is 2.33. The Hall–Kier alpha value is -0.900. The summed E-state index contributed by atoms with van der Waals surface area (Å²) < 4.78 is 0. The first-order chi connectivity index (χ1) is 6.89. The molecule has 1 aromatic rings. The monoisotopic (exact) mass is 227 g/mol. The normalized spacial score (nSPS) is 11.7. The Bertz CT molecular complexity index is 369. The lowest BCUT2D eigenvalue weighted by Crippen LogP contribution is -2.28. The first kappa shape index (κ1) is 12.2. The fraction of sp³-hybridized carbons (Fsp3) is 0.636. The van der Waals surface area contributed by atoms with Crippen molar-refractivity contribution in [1.82, 2.24) is 4.98 Å². The molecular weight excluding hydrogens is 210 g/mol. The molecule has 0 fully saturated rings. The second-order valence-corrected chi connectivity index (χ2v) is 5.41. The van der Waals surface area contributed by atoms with Crippen LogP contribution in [0, 0.1) is 6.92 Å². The van der Waals surface area contributed by atoms with Gasteiger partial charge in [0.2, 0.25) is 0 Å². The van der Waals surface area contributed by atoms with Gasteiger partial charge in [0, 0.05) is 4.88 Å². The van der Waals surface area contributed by atoms with Gasteiger partial charge in [-0.25, -0.2) is 4.98 Å². The number of hydrogen-bond donors (Lipinski definition) is 1. The molecule has 15 heavy (non-hydrogen) atoms. The molecule has 1 N–H and O–H groups in total. The number of aryl methyl sites for hydroxylation is 2. The third kappa shape index (κ3) is 2.37. The van der Waals surface area contributed by atoms with E-state index >= 15 is 0 Å². The molecule has 0 radical (unpaired) electrons. The van der Waals surface area contributed by atoms with E-state index in [9.17, 15) is 4.79 Å². The van der Waals surface area contributed by atoms with Crippen molar-refractivity contribution in [1.29, 1.82) is 0 Å². The van der Waals surface area contributed by atoms with Gasteiger partial charge in [-0.1, -0.05) is 13.3 Å². The average molecular weight is 227 g/mol. The van der Waals surface area contributed by atoms with Crippen molar-refractivity contribution in [3.05, 3.63) is 15.6 Å². The predicted molar refractivity (Wildman–Crippen MR) is 61.5 cm³/mol. The van der Waals surface area contributed by atoms with Crippen LogP contribution in [0.25, 0.3) is 0 Å². The molecule has 0 spiro atoms. The summed E-state index contributed by atoms with van der Waals surface area (Å²) in [7, 11) is 0. The Balaban J connectivity index is 3.06. The lowest BCUT2D eigenvalue weighted by atomic mass is 9.95. The van der Waals surface area contributed by atoms with E-state index in [1.807, 2.05) is 6.92 Å². The molecule has 0 bridgehead atoms. The molecule has 84 valence electrons. The zero-order valence-electron chi connectivity index (χ0n) is 9.63. The summed E-state index contributed by atoms with van der Waals surface area (Å²) in [6.45, 7) is 7.50. The molecule has 1 aromatic heterocycles. The van der Waals surface area contributed by atoms with Crippen LogP contribution in [0.4, 0.5) is 0 Å². The van der Waals surface area contributed by atoms with Gasteiger partial charge in [-0.3, -0.25) is 4.79 Å². The van der Waals surface area contributed by atoms with Gasteiger partial charge in [0.25, 0.3) is 0 Å². The summed E-state index contributed by atoms with van der Waals surface area (Å²) in [5.74, 6) is -0.820. The Morgan fingerprint density at radius 1 is 1.53 bits per heavy atom. The van der Waals surface area contributed by atoms with E-state index in [0.29, 0.717) is 5.01 Å². The maximum atomic E-state index is 11.1. The van der Waals surface area contributed by atoms with Crippen LogP contribution in [0.5, 0.6) is 0 Å². The van der Waals surface area contributed by atoms with Crippen molar-refractivity contribution in [3.8, 4) is 0 Å². The van der Waals surface area contributed by atoms with Crippen LogP contribution >= 0.6 is 11.3 Å². The standard InChI is InChI=1S/C11H17NO2S/c1-5-6-8-7(2)15-9(12-8)11(3,4)10(13)14/h5-6H2,1-4H3,(H,13,14). The predicted octanol–water partition coefficient (Wildman–Crippen LogP) is 2.77. The highest BCUT2D eigenvalue weighted by molar-refractivity contribution is 7.12. The van der Waals surface area contributed by atoms with Crippen LogP contribution in [0.15, 0.2) is 0 Å². The maximum Gasteiger partial charge on any atom is 0.316 e. The van der Waals surface area contributed by atoms with E-state index in [4.69, 9.17) is 5.11 Å². The van der Waals surface area contributed by atoms with Crippen LogP contribution in [-0.4, -0.2) is 16.1 Å². The number of carbonyl (C=O) groups is 1. The van der Waals surface area contributed by atoms with Crippen LogP contribution in [0.1, 0.15) is 42.8 Å². The SMILES string of the molecule is CCCc1nc(C(C)(C)C(=O)O)sc1C. The number of carboxylic acids is 1. The summed E-state index contributed by atoms with van der Waals surface area (Å²) in [6, 6.07) is 0. The fourth-order valence-electron chi connectivity index (χ4n) is 1.26. The zero-order valence-corrected chi connectivity index (χ0v) is 10.4. The summed E-state index contributed by atoms with van der Waals surface area (Å²) in [5, 5.41) is 9.80. The topological polar surface area (TPSA) is 50.2 Å². The molecule has 1 heterocycles. The Kier molecular flexibility index (Phi) is 3.50. The van der Waals surface area contributed by atoms with E-state index in [1.54, 1.807) is 13.8 Å². The van der Waals surface area contributed by atoms with Crippen LogP contribution < -0.4 is 0 Å². The van der Waals surface area contributed by atoms with Crippen molar-refractivity contribution < 1.29 is 9.90 Å². The molecule has 0 unspecified atom stereocenters. The number of aromatic nitrogens is 1. The second-order valence-electron chi connectivity index (χ2n) is 4.20. The lowest BCUT2D eigenvalue weighted by molar-refractivity contribution is -0.142. The fourth-order valence-corrected chi connectivity index (χ4v) is 2.31. The second kappa shape index (κ2) is 4.31. The molecule has 0 aliphatic rings. The number of aliphatic carboxylic acids is 1. The van der Waals surface area contributed by atoms with Gasteiger partial charge >= 0.3 is 5.97 Å². The van der Waals surface area contributed by atoms with Gasteiger partial charge in [-0.2, -0.15) is 0 Å². The van der Waals surface area contributed by atoms with Gasteiger partial charge in [0.05, 0.1) is 5.69 Å². The van der Waals surface area contributed by atoms with Crippen LogP contribution in [0.3, 0.4) is 0 Å². The quantitative estimate of drug-likeness (QED) is 0.860. The van der Waals surface area contributed by atoms with E-state index in [2.05, 4.69) is 11.9 Å². The van der Waals surface area contributed by atoms with E-state index < -0.39 is 11.4 Å². The highest BCUT2D eigenvalue weighted by atomic mass is 32.1. The molecular formula is C11H17NO2S. The summed E-state index contributed by atoms with van der Waals surface area (Å²) >= 11 is 1.50. The molecule has 3 nitrogen and oxygen atoms in total. The van der Waals surface area contributed by atoms with Gasteiger partial charge < -0.3 is 5.11 Å². The van der Waals surface area contributed by atoms with Gasteiger partial charge in [-0.05, 0) is 27.2 Å². The molecule has 0 saturated carbocycles. The summed E-state index contributed by atoms with van der Waals surface area (Å²) in [5.41, 5.74) is 0.174. The van der Waals surface area contributed by atoms with Crippen molar-refractivity contribution in [3.63, 3.8) is 0 Å². The Labute approximate surface area is 94.2 Å². The number of nitrogens with zero attached hydrogens (tertiary/aromatic N) is 1. The minimum atomic E-state index is -0.874. The molecule has 4 heteroatoms. The molecule has 0 atom stereocenters. The molecule has 0 aliphatic carbocycles. The maximum absolute atomic E-state index is 11.1. The van der Waals surface area contributed by atoms with E-state index in [1.165, 1.54) is 11.3 Å². The number of carboxylic acid groups (broad SMARTS) is 1. The third-order valence-corrected chi connectivity index (χ3v) is 3.79. The van der Waals surface area contributed by atoms with Crippen molar-refractivity contribution in [2.24, 2.45) is 0 Å².